The van der Waals surface area contributed by atoms with Gasteiger partial charge in [-0.1, -0.05) is 19.1 Å². The number of likely N-dealkylation sites (tertiary alicyclic amines) is 1. The van der Waals surface area contributed by atoms with Gasteiger partial charge in [0.1, 0.15) is 5.75 Å². The van der Waals surface area contributed by atoms with Gasteiger partial charge in [-0.2, -0.15) is 0 Å². The molecule has 2 fully saturated rings. The molecule has 1 aliphatic heterocycles. The molecule has 0 bridgehead atoms. The van der Waals surface area contributed by atoms with E-state index in [0.717, 1.165) is 5.56 Å². The standard InChI is InChI=1S/C19H22F3NO4/c1-12-8-14(16(24)25)11-23(10-12)17(26)18(6-7-18)9-13-2-4-15(5-3-13)27-19(20,21)22/h2-5,12,14H,6-11H2,1H3,(H,24,25). The van der Waals surface area contributed by atoms with Crippen LogP contribution in [0.4, 0.5) is 13.2 Å². The van der Waals surface area contributed by atoms with Gasteiger partial charge < -0.3 is 14.7 Å². The summed E-state index contributed by atoms with van der Waals surface area (Å²) in [7, 11) is 0. The molecule has 1 aromatic rings. The topological polar surface area (TPSA) is 66.8 Å². The second-order valence-corrected chi connectivity index (χ2v) is 7.74. The molecule has 0 aromatic heterocycles. The number of nitrogens with zero attached hydrogens (tertiary/aromatic N) is 1. The fourth-order valence-electron chi connectivity index (χ4n) is 3.85. The summed E-state index contributed by atoms with van der Waals surface area (Å²) in [5.41, 5.74) is 0.196. The van der Waals surface area contributed by atoms with Gasteiger partial charge in [0, 0.05) is 13.1 Å². The highest BCUT2D eigenvalue weighted by molar-refractivity contribution is 5.86. The van der Waals surface area contributed by atoms with Gasteiger partial charge in [0.2, 0.25) is 5.91 Å². The maximum atomic E-state index is 13.0. The summed E-state index contributed by atoms with van der Waals surface area (Å²) < 4.78 is 40.6. The molecular weight excluding hydrogens is 363 g/mol. The van der Waals surface area contributed by atoms with Crippen molar-refractivity contribution in [2.24, 2.45) is 17.3 Å². The van der Waals surface area contributed by atoms with Gasteiger partial charge in [-0.15, -0.1) is 13.2 Å². The highest BCUT2D eigenvalue weighted by Gasteiger charge is 2.52. The number of ether oxygens (including phenoxy) is 1. The maximum Gasteiger partial charge on any atom is 0.573 e. The summed E-state index contributed by atoms with van der Waals surface area (Å²) in [6.45, 7) is 2.70. The Kier molecular flexibility index (Phi) is 5.10. The lowest BCUT2D eigenvalue weighted by molar-refractivity contribution is -0.274. The summed E-state index contributed by atoms with van der Waals surface area (Å²) in [4.78, 5) is 26.0. The molecule has 2 unspecified atom stereocenters. The van der Waals surface area contributed by atoms with Crippen LogP contribution in [0.2, 0.25) is 0 Å². The largest absolute Gasteiger partial charge is 0.573 e. The Hall–Kier alpha value is -2.25. The molecule has 0 spiro atoms. The van der Waals surface area contributed by atoms with Crippen molar-refractivity contribution in [2.75, 3.05) is 13.1 Å². The predicted octanol–water partition coefficient (Wildman–Crippen LogP) is 3.48. The van der Waals surface area contributed by atoms with Gasteiger partial charge in [0.25, 0.3) is 0 Å². The van der Waals surface area contributed by atoms with Crippen LogP contribution < -0.4 is 4.74 Å². The summed E-state index contributed by atoms with van der Waals surface area (Å²) in [5.74, 6) is -1.65. The van der Waals surface area contributed by atoms with Crippen molar-refractivity contribution in [2.45, 2.75) is 39.0 Å². The van der Waals surface area contributed by atoms with Gasteiger partial charge in [0.15, 0.2) is 0 Å². The first-order valence-electron chi connectivity index (χ1n) is 8.95. The third-order valence-electron chi connectivity index (χ3n) is 5.30. The van der Waals surface area contributed by atoms with Crippen molar-refractivity contribution < 1.29 is 32.6 Å². The first-order valence-corrected chi connectivity index (χ1v) is 8.95. The highest BCUT2D eigenvalue weighted by atomic mass is 19.4. The molecule has 148 valence electrons. The SMILES string of the molecule is CC1CC(C(=O)O)CN(C(=O)C2(Cc3ccc(OC(F)(F)F)cc3)CC2)C1. The normalized spacial score (nSPS) is 24.4. The molecule has 1 aromatic carbocycles. The molecule has 2 atom stereocenters. The zero-order valence-corrected chi connectivity index (χ0v) is 15.0. The number of hydrogen-bond acceptors (Lipinski definition) is 3. The quantitative estimate of drug-likeness (QED) is 0.843. The van der Waals surface area contributed by atoms with Crippen molar-refractivity contribution in [3.63, 3.8) is 0 Å². The average Bonchev–Trinajstić information content (AvgIpc) is 3.35. The number of aliphatic carboxylic acids is 1. The van der Waals surface area contributed by atoms with Crippen LogP contribution in [-0.2, 0) is 16.0 Å². The van der Waals surface area contributed by atoms with E-state index < -0.39 is 23.7 Å². The van der Waals surface area contributed by atoms with Gasteiger partial charge in [0.05, 0.1) is 11.3 Å². The minimum Gasteiger partial charge on any atom is -0.481 e. The lowest BCUT2D eigenvalue weighted by Crippen LogP contribution is -2.48. The van der Waals surface area contributed by atoms with Crippen LogP contribution in [0.25, 0.3) is 0 Å². The maximum absolute atomic E-state index is 13.0. The van der Waals surface area contributed by atoms with Crippen LogP contribution in [0.15, 0.2) is 24.3 Å². The Bertz CT molecular complexity index is 713. The zero-order chi connectivity index (χ0) is 19.8. The Labute approximate surface area is 155 Å². The zero-order valence-electron chi connectivity index (χ0n) is 15.0. The lowest BCUT2D eigenvalue weighted by atomic mass is 9.88. The highest BCUT2D eigenvalue weighted by Crippen LogP contribution is 2.50. The number of piperidine rings is 1. The van der Waals surface area contributed by atoms with Crippen LogP contribution in [0.1, 0.15) is 31.7 Å². The van der Waals surface area contributed by atoms with E-state index >= 15 is 0 Å². The molecule has 1 saturated carbocycles. The first-order chi connectivity index (χ1) is 12.6. The number of alkyl halides is 3. The number of carboxylic acids is 1. The number of amides is 1. The van der Waals surface area contributed by atoms with Crippen LogP contribution in [0.5, 0.6) is 5.75 Å². The van der Waals surface area contributed by atoms with Crippen molar-refractivity contribution in [3.8, 4) is 5.75 Å². The van der Waals surface area contributed by atoms with E-state index in [4.69, 9.17) is 0 Å². The van der Waals surface area contributed by atoms with Gasteiger partial charge in [-0.3, -0.25) is 9.59 Å². The second-order valence-electron chi connectivity index (χ2n) is 7.74. The van der Waals surface area contributed by atoms with Crippen LogP contribution >= 0.6 is 0 Å². The second kappa shape index (κ2) is 7.05. The van der Waals surface area contributed by atoms with Crippen molar-refractivity contribution >= 4 is 11.9 Å². The summed E-state index contributed by atoms with van der Waals surface area (Å²) in [6, 6.07) is 5.56. The lowest BCUT2D eigenvalue weighted by Gasteiger charge is -2.37. The van der Waals surface area contributed by atoms with Crippen LogP contribution in [0.3, 0.4) is 0 Å². The van der Waals surface area contributed by atoms with E-state index in [2.05, 4.69) is 4.74 Å². The minimum atomic E-state index is -4.74. The molecule has 1 N–H and O–H groups in total. The van der Waals surface area contributed by atoms with Crippen LogP contribution in [-0.4, -0.2) is 41.3 Å². The minimum absolute atomic E-state index is 0.0454. The van der Waals surface area contributed by atoms with Crippen molar-refractivity contribution in [1.82, 2.24) is 4.90 Å². The smallest absolute Gasteiger partial charge is 0.481 e. The first kappa shape index (κ1) is 19.5. The molecule has 3 rings (SSSR count). The summed E-state index contributed by atoms with van der Waals surface area (Å²) in [5, 5.41) is 9.29. The number of rotatable bonds is 5. The Morgan fingerprint density at radius 3 is 2.37 bits per heavy atom. The fraction of sp³-hybridized carbons (Fsp3) is 0.579. The molecule has 27 heavy (non-hydrogen) atoms. The van der Waals surface area contributed by atoms with Crippen LogP contribution in [0, 0.1) is 17.3 Å². The number of benzene rings is 1. The summed E-state index contributed by atoms with van der Waals surface area (Å²) >= 11 is 0. The van der Waals surface area contributed by atoms with E-state index in [0.29, 0.717) is 32.2 Å². The third kappa shape index (κ3) is 4.73. The van der Waals surface area contributed by atoms with Crippen molar-refractivity contribution in [1.29, 1.82) is 0 Å². The molecule has 0 radical (unpaired) electrons. The number of carbonyl (C=O) groups is 2. The molecule has 1 aliphatic carbocycles. The van der Waals surface area contributed by atoms with E-state index in [1.54, 1.807) is 4.90 Å². The molecule has 1 saturated heterocycles. The molecule has 2 aliphatic rings. The predicted molar refractivity (Wildman–Crippen MR) is 90.0 cm³/mol. The Morgan fingerprint density at radius 2 is 1.85 bits per heavy atom. The van der Waals surface area contributed by atoms with E-state index in [9.17, 15) is 27.9 Å². The van der Waals surface area contributed by atoms with E-state index in [1.165, 1.54) is 24.3 Å². The van der Waals surface area contributed by atoms with Gasteiger partial charge in [-0.25, -0.2) is 0 Å². The number of carboxylic acid groups (broad SMARTS) is 1. The number of halogens is 3. The summed E-state index contributed by atoms with van der Waals surface area (Å²) in [6.07, 6.45) is -2.33. The number of carbonyl (C=O) groups excluding carboxylic acids is 1. The monoisotopic (exact) mass is 385 g/mol. The van der Waals surface area contributed by atoms with E-state index in [1.807, 2.05) is 6.92 Å². The fourth-order valence-corrected chi connectivity index (χ4v) is 3.85. The molecule has 8 heteroatoms. The van der Waals surface area contributed by atoms with Gasteiger partial charge >= 0.3 is 12.3 Å². The molecular formula is C19H22F3NO4. The molecule has 1 heterocycles. The van der Waals surface area contributed by atoms with Crippen molar-refractivity contribution in [3.05, 3.63) is 29.8 Å². The van der Waals surface area contributed by atoms with E-state index in [-0.39, 0.29) is 24.1 Å². The molecule has 5 nitrogen and oxygen atoms in total. The third-order valence-corrected chi connectivity index (χ3v) is 5.30. The Balaban J connectivity index is 1.66. The van der Waals surface area contributed by atoms with Gasteiger partial charge in [-0.05, 0) is 49.3 Å². The average molecular weight is 385 g/mol. The molecule has 1 amide bonds. The Morgan fingerprint density at radius 1 is 1.22 bits per heavy atom. The number of hydrogen-bond donors (Lipinski definition) is 1.